The maximum absolute atomic E-state index is 12.3. The summed E-state index contributed by atoms with van der Waals surface area (Å²) < 4.78 is 36.8. The average Bonchev–Trinajstić information content (AvgIpc) is 3.16. The minimum atomic E-state index is -3.89. The van der Waals surface area contributed by atoms with Gasteiger partial charge in [-0.05, 0) is 25.1 Å². The smallest absolute Gasteiger partial charge is 0.242 e. The fraction of sp³-hybridized carbons (Fsp3) is 0.154. The molecule has 0 unspecified atom stereocenters. The number of aromatic nitrogens is 3. The molecule has 2 aromatic heterocycles. The molecular formula is C13H10Cl2N4O4S. The van der Waals surface area contributed by atoms with Crippen molar-refractivity contribution in [2.75, 3.05) is 0 Å². The third-order valence-corrected chi connectivity index (χ3v) is 5.04. The molecule has 0 saturated carbocycles. The van der Waals surface area contributed by atoms with E-state index in [2.05, 4.69) is 20.0 Å². The Balaban J connectivity index is 1.76. The van der Waals surface area contributed by atoms with Gasteiger partial charge in [-0.15, -0.1) is 0 Å². The predicted molar refractivity (Wildman–Crippen MR) is 85.0 cm³/mol. The van der Waals surface area contributed by atoms with Gasteiger partial charge in [-0.2, -0.15) is 4.98 Å². The summed E-state index contributed by atoms with van der Waals surface area (Å²) in [5.74, 6) is 0.849. The van der Waals surface area contributed by atoms with Gasteiger partial charge < -0.3 is 9.05 Å². The first-order valence-corrected chi connectivity index (χ1v) is 8.80. The molecule has 0 aliphatic heterocycles. The van der Waals surface area contributed by atoms with Crippen molar-refractivity contribution in [3.05, 3.63) is 46.0 Å². The molecular weight excluding hydrogens is 379 g/mol. The van der Waals surface area contributed by atoms with Crippen LogP contribution in [0.3, 0.4) is 0 Å². The molecule has 24 heavy (non-hydrogen) atoms. The van der Waals surface area contributed by atoms with E-state index < -0.39 is 10.0 Å². The van der Waals surface area contributed by atoms with Gasteiger partial charge in [0.15, 0.2) is 5.69 Å². The molecule has 11 heteroatoms. The molecule has 0 saturated heterocycles. The van der Waals surface area contributed by atoms with Crippen LogP contribution in [0, 0.1) is 6.92 Å². The number of nitrogens with zero attached hydrogens (tertiary/aromatic N) is 3. The highest BCUT2D eigenvalue weighted by Gasteiger charge is 2.20. The quantitative estimate of drug-likeness (QED) is 0.714. The number of halogens is 2. The maximum atomic E-state index is 12.3. The number of nitrogens with one attached hydrogen (secondary N) is 1. The topological polar surface area (TPSA) is 111 Å². The molecule has 0 radical (unpaired) electrons. The Kier molecular flexibility index (Phi) is 4.59. The Labute approximate surface area is 146 Å². The van der Waals surface area contributed by atoms with Crippen LogP contribution in [-0.4, -0.2) is 23.7 Å². The lowest BCUT2D eigenvalue weighted by atomic mass is 10.4. The van der Waals surface area contributed by atoms with Crippen LogP contribution in [0.5, 0.6) is 0 Å². The van der Waals surface area contributed by atoms with Crippen molar-refractivity contribution < 1.29 is 17.5 Å². The van der Waals surface area contributed by atoms with Gasteiger partial charge in [0.2, 0.25) is 21.7 Å². The third-order valence-electron chi connectivity index (χ3n) is 2.92. The van der Waals surface area contributed by atoms with E-state index in [1.807, 2.05) is 0 Å². The minimum Gasteiger partial charge on any atom is -0.361 e. The van der Waals surface area contributed by atoms with E-state index in [9.17, 15) is 8.42 Å². The summed E-state index contributed by atoms with van der Waals surface area (Å²) in [6.07, 6.45) is 0. The molecule has 3 rings (SSSR count). The van der Waals surface area contributed by atoms with Crippen LogP contribution in [0.1, 0.15) is 11.7 Å². The van der Waals surface area contributed by atoms with E-state index >= 15 is 0 Å². The van der Waals surface area contributed by atoms with E-state index in [1.54, 1.807) is 13.0 Å². The Morgan fingerprint density at radius 1 is 1.17 bits per heavy atom. The minimum absolute atomic E-state index is 0.0520. The molecule has 0 spiro atoms. The number of sulfonamides is 1. The Morgan fingerprint density at radius 2 is 1.96 bits per heavy atom. The van der Waals surface area contributed by atoms with E-state index in [0.29, 0.717) is 11.5 Å². The first-order valence-electron chi connectivity index (χ1n) is 6.56. The number of aryl methyl sites for hydroxylation is 1. The van der Waals surface area contributed by atoms with Gasteiger partial charge in [0, 0.05) is 11.1 Å². The first-order chi connectivity index (χ1) is 11.3. The molecule has 0 atom stereocenters. The van der Waals surface area contributed by atoms with Crippen LogP contribution in [0.15, 0.2) is 38.2 Å². The molecule has 0 fully saturated rings. The molecule has 1 N–H and O–H groups in total. The van der Waals surface area contributed by atoms with Crippen molar-refractivity contribution in [3.8, 4) is 11.5 Å². The highest BCUT2D eigenvalue weighted by molar-refractivity contribution is 7.89. The van der Waals surface area contributed by atoms with E-state index in [0.717, 1.165) is 0 Å². The zero-order valence-corrected chi connectivity index (χ0v) is 14.5. The predicted octanol–water partition coefficient (Wildman–Crippen LogP) is 2.82. The summed E-state index contributed by atoms with van der Waals surface area (Å²) in [5.41, 5.74) is 0.392. The standard InChI is InChI=1S/C13H10Cl2N4O4S/c1-7-4-10(18-22-7)13-17-12(23-19-13)6-16-24(20,21)11-5-8(14)2-3-9(11)15/h2-5,16H,6H2,1H3. The molecule has 3 aromatic rings. The van der Waals surface area contributed by atoms with Gasteiger partial charge in [-0.3, -0.25) is 0 Å². The van der Waals surface area contributed by atoms with Crippen LogP contribution in [-0.2, 0) is 16.6 Å². The molecule has 0 amide bonds. The summed E-state index contributed by atoms with van der Waals surface area (Å²) in [4.78, 5) is 3.91. The number of benzene rings is 1. The second-order valence-corrected chi connectivity index (χ2v) is 7.31. The highest BCUT2D eigenvalue weighted by Crippen LogP contribution is 2.25. The molecule has 126 valence electrons. The van der Waals surface area contributed by atoms with Crippen LogP contribution in [0.2, 0.25) is 10.0 Å². The average molecular weight is 389 g/mol. The zero-order chi connectivity index (χ0) is 17.3. The molecule has 0 aliphatic carbocycles. The number of hydrogen-bond donors (Lipinski definition) is 1. The Morgan fingerprint density at radius 3 is 2.67 bits per heavy atom. The van der Waals surface area contributed by atoms with E-state index in [-0.39, 0.29) is 33.2 Å². The zero-order valence-electron chi connectivity index (χ0n) is 12.2. The molecule has 0 aliphatic rings. The van der Waals surface area contributed by atoms with Crippen molar-refractivity contribution in [2.24, 2.45) is 0 Å². The van der Waals surface area contributed by atoms with Crippen LogP contribution in [0.25, 0.3) is 11.5 Å². The Hall–Kier alpha value is -1.94. The lowest BCUT2D eigenvalue weighted by Crippen LogP contribution is -2.23. The first kappa shape index (κ1) is 16.9. The molecule has 2 heterocycles. The lowest BCUT2D eigenvalue weighted by molar-refractivity contribution is 0.374. The summed E-state index contributed by atoms with van der Waals surface area (Å²) in [5, 5.41) is 7.76. The van der Waals surface area contributed by atoms with Crippen molar-refractivity contribution in [1.82, 2.24) is 20.0 Å². The molecule has 8 nitrogen and oxygen atoms in total. The van der Waals surface area contributed by atoms with Gasteiger partial charge in [0.25, 0.3) is 0 Å². The van der Waals surface area contributed by atoms with Crippen molar-refractivity contribution in [1.29, 1.82) is 0 Å². The van der Waals surface area contributed by atoms with E-state index in [1.165, 1.54) is 18.2 Å². The highest BCUT2D eigenvalue weighted by atomic mass is 35.5. The van der Waals surface area contributed by atoms with Crippen molar-refractivity contribution >= 4 is 33.2 Å². The van der Waals surface area contributed by atoms with Crippen LogP contribution >= 0.6 is 23.2 Å². The Bertz CT molecular complexity index is 984. The fourth-order valence-corrected chi connectivity index (χ4v) is 3.56. The SMILES string of the molecule is Cc1cc(-c2noc(CNS(=O)(=O)c3cc(Cl)ccc3Cl)n2)no1. The van der Waals surface area contributed by atoms with Gasteiger partial charge in [0.05, 0.1) is 11.6 Å². The second kappa shape index (κ2) is 6.52. The lowest BCUT2D eigenvalue weighted by Gasteiger charge is -2.06. The summed E-state index contributed by atoms with van der Waals surface area (Å²) >= 11 is 11.7. The van der Waals surface area contributed by atoms with Gasteiger partial charge >= 0.3 is 0 Å². The van der Waals surface area contributed by atoms with Crippen molar-refractivity contribution in [2.45, 2.75) is 18.4 Å². The van der Waals surface area contributed by atoms with Gasteiger partial charge in [-0.25, -0.2) is 13.1 Å². The maximum Gasteiger partial charge on any atom is 0.242 e. The van der Waals surface area contributed by atoms with Gasteiger partial charge in [0.1, 0.15) is 10.7 Å². The largest absolute Gasteiger partial charge is 0.361 e. The monoisotopic (exact) mass is 388 g/mol. The third kappa shape index (κ3) is 3.59. The van der Waals surface area contributed by atoms with Crippen molar-refractivity contribution in [3.63, 3.8) is 0 Å². The van der Waals surface area contributed by atoms with Crippen LogP contribution < -0.4 is 4.72 Å². The summed E-state index contributed by atoms with van der Waals surface area (Å²) in [7, 11) is -3.89. The molecule has 0 bridgehead atoms. The molecule has 1 aromatic carbocycles. The normalized spacial score (nSPS) is 11.8. The fourth-order valence-electron chi connectivity index (χ4n) is 1.82. The van der Waals surface area contributed by atoms with Gasteiger partial charge in [-0.1, -0.05) is 33.5 Å². The summed E-state index contributed by atoms with van der Waals surface area (Å²) in [6, 6.07) is 5.78. The van der Waals surface area contributed by atoms with E-state index in [4.69, 9.17) is 32.2 Å². The number of rotatable bonds is 5. The second-order valence-electron chi connectivity index (χ2n) is 4.73. The van der Waals surface area contributed by atoms with Crippen LogP contribution in [0.4, 0.5) is 0 Å². The summed E-state index contributed by atoms with van der Waals surface area (Å²) in [6.45, 7) is 1.51. The number of hydrogen-bond acceptors (Lipinski definition) is 7.